The van der Waals surface area contributed by atoms with Crippen LogP contribution >= 0.6 is 23.2 Å². The van der Waals surface area contributed by atoms with E-state index >= 15 is 0 Å². The van der Waals surface area contributed by atoms with Gasteiger partial charge in [0.05, 0.1) is 22.2 Å². The van der Waals surface area contributed by atoms with E-state index in [0.717, 1.165) is 0 Å². The molecule has 2 amide bonds. The fourth-order valence-corrected chi connectivity index (χ4v) is 3.59. The molecule has 3 aromatic rings. The van der Waals surface area contributed by atoms with Gasteiger partial charge < -0.3 is 16.0 Å². The Hall–Kier alpha value is -3.43. The van der Waals surface area contributed by atoms with Gasteiger partial charge in [-0.15, -0.1) is 0 Å². The molecule has 158 valence electrons. The van der Waals surface area contributed by atoms with Gasteiger partial charge in [0.25, 0.3) is 5.56 Å². The molecule has 2 aromatic carbocycles. The van der Waals surface area contributed by atoms with Crippen molar-refractivity contribution in [2.75, 3.05) is 16.0 Å². The summed E-state index contributed by atoms with van der Waals surface area (Å²) >= 11 is 12.0. The van der Waals surface area contributed by atoms with Crippen LogP contribution in [0.15, 0.2) is 47.3 Å². The second-order valence-corrected chi connectivity index (χ2v) is 7.57. The molecule has 1 aliphatic rings. The first-order valence-electron chi connectivity index (χ1n) is 9.03. The Labute approximate surface area is 184 Å². The van der Waals surface area contributed by atoms with Crippen molar-refractivity contribution >= 4 is 58.2 Å². The minimum absolute atomic E-state index is 0.0203. The van der Waals surface area contributed by atoms with Gasteiger partial charge in [-0.2, -0.15) is 4.98 Å². The van der Waals surface area contributed by atoms with E-state index in [-0.39, 0.29) is 23.8 Å². The van der Waals surface area contributed by atoms with Crippen LogP contribution in [-0.4, -0.2) is 21.8 Å². The van der Waals surface area contributed by atoms with E-state index in [0.29, 0.717) is 21.4 Å². The number of hydrogen-bond acceptors (Lipinski definition) is 5. The minimum Gasteiger partial charge on any atom is -0.326 e. The number of rotatable bonds is 4. The highest BCUT2D eigenvalue weighted by atomic mass is 35.5. The normalized spacial score (nSPS) is 15.1. The predicted molar refractivity (Wildman–Crippen MR) is 116 cm³/mol. The smallest absolute Gasteiger partial charge is 0.258 e. The molecule has 1 aliphatic heterocycles. The van der Waals surface area contributed by atoms with Crippen molar-refractivity contribution in [3.05, 3.63) is 74.2 Å². The van der Waals surface area contributed by atoms with E-state index in [9.17, 15) is 18.8 Å². The van der Waals surface area contributed by atoms with Gasteiger partial charge in [0, 0.05) is 17.1 Å². The summed E-state index contributed by atoms with van der Waals surface area (Å²) in [6.07, 6.45) is -0.236. The van der Waals surface area contributed by atoms with Crippen LogP contribution in [0.25, 0.3) is 0 Å². The van der Waals surface area contributed by atoms with Crippen molar-refractivity contribution < 1.29 is 14.0 Å². The first-order valence-corrected chi connectivity index (χ1v) is 9.78. The van der Waals surface area contributed by atoms with E-state index in [1.165, 1.54) is 30.3 Å². The molecule has 8 nitrogen and oxygen atoms in total. The van der Waals surface area contributed by atoms with Crippen molar-refractivity contribution in [3.63, 3.8) is 0 Å². The summed E-state index contributed by atoms with van der Waals surface area (Å²) in [5.41, 5.74) is 0.185. The Balaban J connectivity index is 1.64. The van der Waals surface area contributed by atoms with Gasteiger partial charge in [0.15, 0.2) is 0 Å². The van der Waals surface area contributed by atoms with Gasteiger partial charge in [0.1, 0.15) is 11.6 Å². The second kappa shape index (κ2) is 8.37. The quantitative estimate of drug-likeness (QED) is 0.468. The van der Waals surface area contributed by atoms with Crippen molar-refractivity contribution in [2.24, 2.45) is 0 Å². The largest absolute Gasteiger partial charge is 0.326 e. The van der Waals surface area contributed by atoms with Crippen LogP contribution in [0.5, 0.6) is 0 Å². The number of aromatic amines is 1. The summed E-state index contributed by atoms with van der Waals surface area (Å²) in [7, 11) is 0. The van der Waals surface area contributed by atoms with Crippen LogP contribution in [0, 0.1) is 5.82 Å². The lowest BCUT2D eigenvalue weighted by Gasteiger charge is -2.23. The van der Waals surface area contributed by atoms with Crippen LogP contribution in [0.4, 0.5) is 27.5 Å². The summed E-state index contributed by atoms with van der Waals surface area (Å²) < 4.78 is 13.1. The van der Waals surface area contributed by atoms with Crippen LogP contribution in [0.2, 0.25) is 10.0 Å². The number of benzene rings is 2. The molecule has 0 aliphatic carbocycles. The standard InChI is InChI=1S/C20H14Cl2FN5O3/c21-9-1-6-14(13(22)7-9)25-20-27-17-16(19(31)28-20)12(8-15(29)26-17)18(30)24-11-4-2-10(23)3-5-11/h1-7,12H,8H2,(H,24,30)(H3,25,26,27,28,29,31). The molecule has 2 heterocycles. The molecule has 1 aromatic heterocycles. The highest BCUT2D eigenvalue weighted by Crippen LogP contribution is 2.31. The topological polar surface area (TPSA) is 116 Å². The third-order valence-electron chi connectivity index (χ3n) is 4.56. The van der Waals surface area contributed by atoms with Gasteiger partial charge in [-0.05, 0) is 42.5 Å². The second-order valence-electron chi connectivity index (χ2n) is 6.73. The number of halogens is 3. The average molecular weight is 462 g/mol. The monoisotopic (exact) mass is 461 g/mol. The van der Waals surface area contributed by atoms with Gasteiger partial charge in [-0.3, -0.25) is 19.4 Å². The average Bonchev–Trinajstić information content (AvgIpc) is 2.71. The summed E-state index contributed by atoms with van der Waals surface area (Å²) in [5.74, 6) is -2.60. The minimum atomic E-state index is -1.07. The molecule has 4 rings (SSSR count). The molecular weight excluding hydrogens is 448 g/mol. The lowest BCUT2D eigenvalue weighted by atomic mass is 9.92. The third kappa shape index (κ3) is 4.52. The zero-order valence-corrected chi connectivity index (χ0v) is 17.1. The van der Waals surface area contributed by atoms with Crippen molar-refractivity contribution in [2.45, 2.75) is 12.3 Å². The Kier molecular flexibility index (Phi) is 5.62. The maximum absolute atomic E-state index is 13.1. The number of anilines is 4. The SMILES string of the molecule is O=C1CC(C(=O)Nc2ccc(F)cc2)c2c(nc(Nc3ccc(Cl)cc3Cl)[nH]c2=O)N1. The Morgan fingerprint density at radius 3 is 2.58 bits per heavy atom. The van der Waals surface area contributed by atoms with Crippen molar-refractivity contribution in [1.29, 1.82) is 0 Å². The summed E-state index contributed by atoms with van der Waals surface area (Å²) in [6.45, 7) is 0. The molecule has 0 saturated heterocycles. The van der Waals surface area contributed by atoms with Gasteiger partial charge in [-0.1, -0.05) is 23.2 Å². The first kappa shape index (κ1) is 20.8. The van der Waals surface area contributed by atoms with Crippen LogP contribution in [0.1, 0.15) is 17.9 Å². The lowest BCUT2D eigenvalue weighted by Crippen LogP contribution is -2.36. The molecule has 4 N–H and O–H groups in total. The number of H-pyrrole nitrogens is 1. The maximum atomic E-state index is 13.1. The molecule has 0 bridgehead atoms. The highest BCUT2D eigenvalue weighted by molar-refractivity contribution is 6.36. The van der Waals surface area contributed by atoms with Gasteiger partial charge in [0.2, 0.25) is 17.8 Å². The number of aromatic nitrogens is 2. The molecular formula is C20H14Cl2FN5O3. The zero-order valence-electron chi connectivity index (χ0n) is 15.6. The molecule has 1 atom stereocenters. The van der Waals surface area contributed by atoms with Crippen LogP contribution < -0.4 is 21.5 Å². The maximum Gasteiger partial charge on any atom is 0.258 e. The Morgan fingerprint density at radius 1 is 1.13 bits per heavy atom. The fourth-order valence-electron chi connectivity index (χ4n) is 3.14. The van der Waals surface area contributed by atoms with E-state index in [2.05, 4.69) is 25.9 Å². The lowest BCUT2D eigenvalue weighted by molar-refractivity contribution is -0.123. The van der Waals surface area contributed by atoms with Gasteiger partial charge >= 0.3 is 0 Å². The molecule has 31 heavy (non-hydrogen) atoms. The van der Waals surface area contributed by atoms with Crippen LogP contribution in [-0.2, 0) is 9.59 Å². The molecule has 0 saturated carbocycles. The number of amides is 2. The summed E-state index contributed by atoms with van der Waals surface area (Å²) in [5, 5.41) is 8.68. The zero-order chi connectivity index (χ0) is 22.1. The number of fused-ring (bicyclic) bond motifs is 1. The molecule has 1 unspecified atom stereocenters. The van der Waals surface area contributed by atoms with E-state index in [1.807, 2.05) is 0 Å². The molecule has 0 fully saturated rings. The van der Waals surface area contributed by atoms with Crippen molar-refractivity contribution in [3.8, 4) is 0 Å². The van der Waals surface area contributed by atoms with Gasteiger partial charge in [-0.25, -0.2) is 4.39 Å². The van der Waals surface area contributed by atoms with Crippen molar-refractivity contribution in [1.82, 2.24) is 9.97 Å². The Bertz CT molecular complexity index is 1250. The number of carbonyl (C=O) groups excluding carboxylic acids is 2. The molecule has 0 spiro atoms. The summed E-state index contributed by atoms with van der Waals surface area (Å²) in [6, 6.07) is 9.84. The number of hydrogen-bond donors (Lipinski definition) is 4. The predicted octanol–water partition coefficient (Wildman–Crippen LogP) is 4.02. The number of carbonyl (C=O) groups is 2. The Morgan fingerprint density at radius 2 is 1.87 bits per heavy atom. The third-order valence-corrected chi connectivity index (χ3v) is 5.11. The molecule has 11 heteroatoms. The number of nitrogens with one attached hydrogen (secondary N) is 4. The summed E-state index contributed by atoms with van der Waals surface area (Å²) in [4.78, 5) is 44.4. The molecule has 0 radical (unpaired) electrons. The van der Waals surface area contributed by atoms with E-state index in [4.69, 9.17) is 23.2 Å². The highest BCUT2D eigenvalue weighted by Gasteiger charge is 2.34. The fraction of sp³-hybridized carbons (Fsp3) is 0.100. The van der Waals surface area contributed by atoms with E-state index < -0.39 is 29.1 Å². The first-order chi connectivity index (χ1) is 14.8. The van der Waals surface area contributed by atoms with Crippen LogP contribution in [0.3, 0.4) is 0 Å². The number of nitrogens with zero attached hydrogens (tertiary/aromatic N) is 1. The van der Waals surface area contributed by atoms with E-state index in [1.54, 1.807) is 12.1 Å².